The van der Waals surface area contributed by atoms with Crippen molar-refractivity contribution >= 4 is 17.7 Å². The highest BCUT2D eigenvalue weighted by atomic mass is 32.2. The molecular formula is C19H18N4O3S. The number of carbonyl (C=O) groups excluding carboxylic acids is 1. The quantitative estimate of drug-likeness (QED) is 0.637. The molecule has 0 spiro atoms. The molecule has 0 saturated carbocycles. The van der Waals surface area contributed by atoms with Crippen molar-refractivity contribution in [1.82, 2.24) is 20.5 Å². The third-order valence-corrected chi connectivity index (χ3v) is 4.99. The molecule has 1 amide bonds. The fourth-order valence-electron chi connectivity index (χ4n) is 2.64. The number of rotatable bonds is 6. The third kappa shape index (κ3) is 4.40. The molecule has 1 aliphatic rings. The van der Waals surface area contributed by atoms with Gasteiger partial charge in [-0.2, -0.15) is 5.10 Å². The fourth-order valence-corrected chi connectivity index (χ4v) is 3.37. The van der Waals surface area contributed by atoms with Crippen molar-refractivity contribution in [2.24, 2.45) is 0 Å². The first-order chi connectivity index (χ1) is 13.3. The van der Waals surface area contributed by atoms with Gasteiger partial charge in [0.25, 0.3) is 5.91 Å². The molecule has 7 nitrogen and oxygen atoms in total. The number of nitrogens with one attached hydrogen (secondary N) is 2. The van der Waals surface area contributed by atoms with Crippen LogP contribution in [0.2, 0.25) is 0 Å². The predicted molar refractivity (Wildman–Crippen MR) is 101 cm³/mol. The molecule has 1 atom stereocenters. The summed E-state index contributed by atoms with van der Waals surface area (Å²) in [4.78, 5) is 16.4. The van der Waals surface area contributed by atoms with Crippen LogP contribution in [0.4, 0.5) is 0 Å². The summed E-state index contributed by atoms with van der Waals surface area (Å²) in [6, 6.07) is 15.0. The Balaban J connectivity index is 1.27. The second-order valence-electron chi connectivity index (χ2n) is 5.98. The summed E-state index contributed by atoms with van der Waals surface area (Å²) in [6.45, 7) is 0.797. The highest BCUT2D eigenvalue weighted by molar-refractivity contribution is 7.98. The summed E-state index contributed by atoms with van der Waals surface area (Å²) in [7, 11) is 0. The summed E-state index contributed by atoms with van der Waals surface area (Å²) in [6.07, 6.45) is 1.27. The first-order valence-electron chi connectivity index (χ1n) is 8.52. The van der Waals surface area contributed by atoms with E-state index in [1.165, 1.54) is 6.33 Å². The molecule has 2 heterocycles. The van der Waals surface area contributed by atoms with Crippen LogP contribution in [0, 0.1) is 0 Å². The highest BCUT2D eigenvalue weighted by Crippen LogP contribution is 2.30. The van der Waals surface area contributed by atoms with E-state index in [0.717, 1.165) is 22.2 Å². The number of para-hydroxylation sites is 2. The largest absolute Gasteiger partial charge is 0.486 e. The third-order valence-electron chi connectivity index (χ3n) is 4.04. The minimum atomic E-state index is -0.207. The smallest absolute Gasteiger partial charge is 0.251 e. The lowest BCUT2D eigenvalue weighted by Crippen LogP contribution is -2.40. The van der Waals surface area contributed by atoms with Crippen molar-refractivity contribution in [1.29, 1.82) is 0 Å². The maximum atomic E-state index is 12.4. The minimum Gasteiger partial charge on any atom is -0.486 e. The van der Waals surface area contributed by atoms with Gasteiger partial charge in [0, 0.05) is 11.3 Å². The van der Waals surface area contributed by atoms with Crippen LogP contribution in [0.15, 0.2) is 60.0 Å². The topological polar surface area (TPSA) is 89.1 Å². The number of amides is 1. The van der Waals surface area contributed by atoms with E-state index in [1.54, 1.807) is 11.8 Å². The molecule has 0 saturated heterocycles. The maximum absolute atomic E-state index is 12.4. The van der Waals surface area contributed by atoms with Crippen LogP contribution in [0.1, 0.15) is 15.9 Å². The van der Waals surface area contributed by atoms with Crippen LogP contribution in [-0.4, -0.2) is 40.3 Å². The lowest BCUT2D eigenvalue weighted by molar-refractivity contribution is 0.0789. The van der Waals surface area contributed by atoms with Gasteiger partial charge in [-0.1, -0.05) is 36.0 Å². The SMILES string of the molecule is O=C(NC[C@@H]1COc2ccccc2O1)c1ccc(CSc2ncn[nH]2)cc1. The zero-order chi connectivity index (χ0) is 18.5. The molecule has 0 fully saturated rings. The number of benzene rings is 2. The summed E-state index contributed by atoms with van der Waals surface area (Å²) < 4.78 is 11.5. The van der Waals surface area contributed by atoms with Crippen molar-refractivity contribution in [2.45, 2.75) is 17.0 Å². The summed E-state index contributed by atoms with van der Waals surface area (Å²) in [5.74, 6) is 2.06. The number of carbonyl (C=O) groups is 1. The molecule has 138 valence electrons. The average molecular weight is 382 g/mol. The van der Waals surface area contributed by atoms with Gasteiger partial charge in [0.15, 0.2) is 16.7 Å². The van der Waals surface area contributed by atoms with Gasteiger partial charge in [0.2, 0.25) is 0 Å². The molecule has 1 aliphatic heterocycles. The molecule has 27 heavy (non-hydrogen) atoms. The van der Waals surface area contributed by atoms with Gasteiger partial charge in [-0.25, -0.2) is 4.98 Å². The van der Waals surface area contributed by atoms with Gasteiger partial charge in [-0.15, -0.1) is 0 Å². The standard InChI is InChI=1S/C19H18N4O3S/c24-18(20-9-15-10-25-16-3-1-2-4-17(16)26-15)14-7-5-13(6-8-14)11-27-19-21-12-22-23-19/h1-8,12,15H,9-11H2,(H,20,24)(H,21,22,23)/t15-/m1/s1. The lowest BCUT2D eigenvalue weighted by Gasteiger charge is -2.26. The van der Waals surface area contributed by atoms with E-state index in [0.29, 0.717) is 24.5 Å². The Morgan fingerprint density at radius 3 is 2.78 bits per heavy atom. The molecule has 3 aromatic rings. The van der Waals surface area contributed by atoms with Crippen molar-refractivity contribution in [2.75, 3.05) is 13.2 Å². The predicted octanol–water partition coefficient (Wildman–Crippen LogP) is 2.67. The van der Waals surface area contributed by atoms with Crippen molar-refractivity contribution < 1.29 is 14.3 Å². The van der Waals surface area contributed by atoms with E-state index in [1.807, 2.05) is 48.5 Å². The molecule has 4 rings (SSSR count). The number of H-pyrrole nitrogens is 1. The van der Waals surface area contributed by atoms with Crippen LogP contribution in [0.5, 0.6) is 11.5 Å². The minimum absolute atomic E-state index is 0.133. The first kappa shape index (κ1) is 17.4. The van der Waals surface area contributed by atoms with E-state index < -0.39 is 0 Å². The van der Waals surface area contributed by atoms with Gasteiger partial charge < -0.3 is 14.8 Å². The first-order valence-corrected chi connectivity index (χ1v) is 9.50. The Morgan fingerprint density at radius 1 is 1.19 bits per heavy atom. The molecule has 0 radical (unpaired) electrons. The van der Waals surface area contributed by atoms with Crippen molar-refractivity contribution in [3.63, 3.8) is 0 Å². The Morgan fingerprint density at radius 2 is 2.00 bits per heavy atom. The molecule has 0 aliphatic carbocycles. The van der Waals surface area contributed by atoms with Gasteiger partial charge in [-0.05, 0) is 29.8 Å². The Bertz CT molecular complexity index is 900. The van der Waals surface area contributed by atoms with Gasteiger partial charge in [0.1, 0.15) is 19.0 Å². The monoisotopic (exact) mass is 382 g/mol. The van der Waals surface area contributed by atoms with Crippen LogP contribution >= 0.6 is 11.8 Å². The molecule has 1 aromatic heterocycles. The van der Waals surface area contributed by atoms with Crippen molar-refractivity contribution in [3.05, 3.63) is 66.0 Å². The van der Waals surface area contributed by atoms with E-state index in [4.69, 9.17) is 9.47 Å². The number of fused-ring (bicyclic) bond motifs is 1. The Kier molecular flexibility index (Phi) is 5.24. The molecule has 0 bridgehead atoms. The number of nitrogens with zero attached hydrogens (tertiary/aromatic N) is 2. The van der Waals surface area contributed by atoms with Gasteiger partial charge in [0.05, 0.1) is 6.54 Å². The van der Waals surface area contributed by atoms with Crippen LogP contribution in [0.25, 0.3) is 0 Å². The Hall–Kier alpha value is -3.00. The number of aromatic nitrogens is 3. The number of aromatic amines is 1. The van der Waals surface area contributed by atoms with Gasteiger partial charge in [-0.3, -0.25) is 9.89 Å². The molecule has 8 heteroatoms. The van der Waals surface area contributed by atoms with E-state index in [2.05, 4.69) is 20.5 Å². The number of thioether (sulfide) groups is 1. The van der Waals surface area contributed by atoms with E-state index >= 15 is 0 Å². The van der Waals surface area contributed by atoms with Gasteiger partial charge >= 0.3 is 0 Å². The van der Waals surface area contributed by atoms with Crippen LogP contribution < -0.4 is 14.8 Å². The zero-order valence-electron chi connectivity index (χ0n) is 14.4. The molecule has 2 N–H and O–H groups in total. The molecule has 0 unspecified atom stereocenters. The number of hydrogen-bond acceptors (Lipinski definition) is 6. The second kappa shape index (κ2) is 8.13. The lowest BCUT2D eigenvalue weighted by atomic mass is 10.1. The number of hydrogen-bond donors (Lipinski definition) is 2. The second-order valence-corrected chi connectivity index (χ2v) is 6.95. The molecular weight excluding hydrogens is 364 g/mol. The summed E-state index contributed by atoms with van der Waals surface area (Å²) in [5.41, 5.74) is 1.72. The fraction of sp³-hybridized carbons (Fsp3) is 0.211. The highest BCUT2D eigenvalue weighted by Gasteiger charge is 2.21. The average Bonchev–Trinajstić information content (AvgIpc) is 3.24. The number of ether oxygens (including phenoxy) is 2. The normalized spacial score (nSPS) is 15.3. The summed E-state index contributed by atoms with van der Waals surface area (Å²) >= 11 is 1.56. The maximum Gasteiger partial charge on any atom is 0.251 e. The van der Waals surface area contributed by atoms with E-state index in [9.17, 15) is 4.79 Å². The van der Waals surface area contributed by atoms with Crippen LogP contribution in [-0.2, 0) is 5.75 Å². The van der Waals surface area contributed by atoms with Crippen LogP contribution in [0.3, 0.4) is 0 Å². The van der Waals surface area contributed by atoms with Crippen molar-refractivity contribution in [3.8, 4) is 11.5 Å². The summed E-state index contributed by atoms with van der Waals surface area (Å²) in [5, 5.41) is 10.3. The zero-order valence-corrected chi connectivity index (χ0v) is 15.2. The van der Waals surface area contributed by atoms with E-state index in [-0.39, 0.29) is 12.0 Å². The molecule has 2 aromatic carbocycles. The Labute approximate surface area is 160 Å².